The van der Waals surface area contributed by atoms with Gasteiger partial charge in [0.2, 0.25) is 11.7 Å². The molecule has 0 bridgehead atoms. The highest BCUT2D eigenvalue weighted by molar-refractivity contribution is 5.93. The van der Waals surface area contributed by atoms with Crippen LogP contribution in [-0.4, -0.2) is 45.5 Å². The van der Waals surface area contributed by atoms with Crippen molar-refractivity contribution in [2.45, 2.75) is 24.9 Å². The largest absolute Gasteiger partial charge is 0.339 e. The number of nitrogens with zero attached hydrogens (tertiary/aromatic N) is 4. The second-order valence-corrected chi connectivity index (χ2v) is 8.47. The zero-order valence-electron chi connectivity index (χ0n) is 18.0. The number of amides is 1. The van der Waals surface area contributed by atoms with Crippen molar-refractivity contribution in [3.63, 3.8) is 0 Å². The Bertz CT molecular complexity index is 1180. The van der Waals surface area contributed by atoms with Gasteiger partial charge in [0.05, 0.1) is 18.1 Å². The van der Waals surface area contributed by atoms with Crippen LogP contribution in [0.3, 0.4) is 0 Å². The number of hydrogen-bond acceptors (Lipinski definition) is 4. The fourth-order valence-electron chi connectivity index (χ4n) is 4.97. The number of carbonyl (C=O) groups is 1. The van der Waals surface area contributed by atoms with E-state index in [0.717, 1.165) is 5.69 Å². The van der Waals surface area contributed by atoms with Gasteiger partial charge in [-0.05, 0) is 37.1 Å². The van der Waals surface area contributed by atoms with Gasteiger partial charge in [0.25, 0.3) is 0 Å². The molecule has 1 N–H and O–H groups in total. The van der Waals surface area contributed by atoms with Crippen LogP contribution in [-0.2, 0) is 18.4 Å². The normalized spacial score (nSPS) is 18.3. The summed E-state index contributed by atoms with van der Waals surface area (Å²) in [7, 11) is 1.71. The third-order valence-electron chi connectivity index (χ3n) is 6.79. The lowest BCUT2D eigenvalue weighted by atomic mass is 9.85. The van der Waals surface area contributed by atoms with Crippen LogP contribution in [0.1, 0.15) is 18.5 Å². The molecule has 32 heavy (non-hydrogen) atoms. The molecule has 2 aromatic carbocycles. The zero-order chi connectivity index (χ0) is 22.3. The van der Waals surface area contributed by atoms with Crippen LogP contribution >= 0.6 is 0 Å². The molecule has 1 aromatic heterocycles. The first-order valence-corrected chi connectivity index (χ1v) is 10.9. The van der Waals surface area contributed by atoms with Gasteiger partial charge in [0, 0.05) is 32.4 Å². The van der Waals surface area contributed by atoms with Crippen molar-refractivity contribution in [1.82, 2.24) is 19.6 Å². The Labute approximate surface area is 185 Å². The summed E-state index contributed by atoms with van der Waals surface area (Å²) in [5, 5.41) is 3.00. The molecule has 3 heterocycles. The van der Waals surface area contributed by atoms with Crippen LogP contribution < -0.4 is 15.8 Å². The van der Waals surface area contributed by atoms with Gasteiger partial charge in [0.15, 0.2) is 0 Å². The summed E-state index contributed by atoms with van der Waals surface area (Å²) in [6.45, 7) is 2.09. The van der Waals surface area contributed by atoms with Gasteiger partial charge in [-0.25, -0.2) is 4.68 Å². The first-order chi connectivity index (χ1) is 15.5. The van der Waals surface area contributed by atoms with Gasteiger partial charge < -0.3 is 10.2 Å². The van der Waals surface area contributed by atoms with Crippen LogP contribution in [0.25, 0.3) is 5.69 Å². The average molecular weight is 436 g/mol. The fraction of sp³-hybridized carbons (Fsp3) is 0.333. The van der Waals surface area contributed by atoms with E-state index in [-0.39, 0.29) is 5.91 Å². The summed E-state index contributed by atoms with van der Waals surface area (Å²) in [5.74, 6) is -0.670. The Morgan fingerprint density at radius 2 is 1.53 bits per heavy atom. The number of likely N-dealkylation sites (tertiary alicyclic amines) is 1. The van der Waals surface area contributed by atoms with E-state index < -0.39 is 16.9 Å². The van der Waals surface area contributed by atoms with Gasteiger partial charge in [-0.2, -0.15) is 4.39 Å². The quantitative estimate of drug-likeness (QED) is 0.683. The summed E-state index contributed by atoms with van der Waals surface area (Å²) in [6, 6.07) is 19.0. The lowest BCUT2D eigenvalue weighted by molar-refractivity contribution is -0.125. The maximum absolute atomic E-state index is 14.9. The van der Waals surface area contributed by atoms with E-state index in [1.807, 2.05) is 48.5 Å². The number of rotatable bonds is 4. The molecule has 0 radical (unpaired) electrons. The van der Waals surface area contributed by atoms with Gasteiger partial charge in [-0.1, -0.05) is 36.4 Å². The predicted molar refractivity (Wildman–Crippen MR) is 120 cm³/mol. The van der Waals surface area contributed by atoms with Crippen molar-refractivity contribution < 1.29 is 9.18 Å². The Balaban J connectivity index is 1.36. The first kappa shape index (κ1) is 20.5. The molecule has 8 heteroatoms. The topological polar surface area (TPSA) is 62.5 Å². The van der Waals surface area contributed by atoms with E-state index in [9.17, 15) is 14.0 Å². The number of aromatic nitrogens is 2. The Morgan fingerprint density at radius 3 is 2.16 bits per heavy atom. The highest BCUT2D eigenvalue weighted by atomic mass is 19.1. The van der Waals surface area contributed by atoms with E-state index in [0.29, 0.717) is 50.5 Å². The van der Waals surface area contributed by atoms with Crippen molar-refractivity contribution >= 4 is 11.6 Å². The van der Waals surface area contributed by atoms with Gasteiger partial charge in [-0.15, -0.1) is 0 Å². The SMILES string of the molecule is Cn1c(CN2CCC3(CC2)C(=O)NCN3c2ccccc2)c(F)c(=O)n1-c1ccccc1. The number of hydrogen-bond donors (Lipinski definition) is 1. The molecule has 5 rings (SSSR count). The van der Waals surface area contributed by atoms with Crippen LogP contribution in [0, 0.1) is 5.82 Å². The molecule has 2 aliphatic heterocycles. The minimum Gasteiger partial charge on any atom is -0.339 e. The summed E-state index contributed by atoms with van der Waals surface area (Å²) >= 11 is 0. The van der Waals surface area contributed by atoms with Gasteiger partial charge >= 0.3 is 5.56 Å². The lowest BCUT2D eigenvalue weighted by Crippen LogP contribution is -2.56. The van der Waals surface area contributed by atoms with E-state index in [1.54, 1.807) is 23.9 Å². The molecule has 0 aliphatic carbocycles. The van der Waals surface area contributed by atoms with Crippen LogP contribution in [0.5, 0.6) is 0 Å². The number of piperidine rings is 1. The third-order valence-corrected chi connectivity index (χ3v) is 6.79. The number of nitrogens with one attached hydrogen (secondary N) is 1. The molecule has 0 atom stereocenters. The molecule has 1 spiro atoms. The van der Waals surface area contributed by atoms with Crippen molar-refractivity contribution in [2.75, 3.05) is 24.7 Å². The molecule has 2 aliphatic rings. The van der Waals surface area contributed by atoms with E-state index >= 15 is 0 Å². The van der Waals surface area contributed by atoms with Crippen molar-refractivity contribution in [2.24, 2.45) is 7.05 Å². The number of carbonyl (C=O) groups excluding carboxylic acids is 1. The Hall–Kier alpha value is -3.39. The van der Waals surface area contributed by atoms with E-state index in [2.05, 4.69) is 15.1 Å². The number of para-hydroxylation sites is 2. The molecule has 0 saturated carbocycles. The van der Waals surface area contributed by atoms with E-state index in [1.165, 1.54) is 4.68 Å². The highest BCUT2D eigenvalue weighted by Gasteiger charge is 2.50. The second kappa shape index (κ2) is 7.94. The molecule has 0 unspecified atom stereocenters. The monoisotopic (exact) mass is 435 g/mol. The summed E-state index contributed by atoms with van der Waals surface area (Å²) in [6.07, 6.45) is 1.28. The summed E-state index contributed by atoms with van der Waals surface area (Å²) < 4.78 is 17.9. The first-order valence-electron chi connectivity index (χ1n) is 10.9. The molecule has 1 amide bonds. The minimum absolute atomic E-state index is 0.0508. The fourth-order valence-corrected chi connectivity index (χ4v) is 4.97. The third kappa shape index (κ3) is 3.22. The number of halogens is 1. The highest BCUT2D eigenvalue weighted by Crippen LogP contribution is 2.36. The van der Waals surface area contributed by atoms with E-state index in [4.69, 9.17) is 0 Å². The predicted octanol–water partition coefficient (Wildman–Crippen LogP) is 2.24. The number of benzene rings is 2. The Morgan fingerprint density at radius 1 is 0.938 bits per heavy atom. The maximum atomic E-state index is 14.9. The molecule has 7 nitrogen and oxygen atoms in total. The van der Waals surface area contributed by atoms with Crippen molar-refractivity contribution in [3.8, 4) is 5.69 Å². The van der Waals surface area contributed by atoms with Crippen LogP contribution in [0.2, 0.25) is 0 Å². The van der Waals surface area contributed by atoms with Gasteiger partial charge in [0.1, 0.15) is 5.54 Å². The molecule has 166 valence electrons. The lowest BCUT2D eigenvalue weighted by Gasteiger charge is -2.43. The molecule has 3 aromatic rings. The van der Waals surface area contributed by atoms with Crippen molar-refractivity contribution in [1.29, 1.82) is 0 Å². The average Bonchev–Trinajstić information content (AvgIpc) is 3.25. The van der Waals surface area contributed by atoms with Crippen LogP contribution in [0.4, 0.5) is 10.1 Å². The maximum Gasteiger partial charge on any atom is 0.307 e. The molecule has 2 saturated heterocycles. The van der Waals surface area contributed by atoms with Crippen molar-refractivity contribution in [3.05, 3.63) is 82.5 Å². The van der Waals surface area contributed by atoms with Gasteiger partial charge in [-0.3, -0.25) is 19.2 Å². The summed E-state index contributed by atoms with van der Waals surface area (Å²) in [4.78, 5) is 29.7. The molecule has 2 fully saturated rings. The molecular weight excluding hydrogens is 409 g/mol. The van der Waals surface area contributed by atoms with Crippen LogP contribution in [0.15, 0.2) is 65.5 Å². The standard InChI is InChI=1S/C24H26FN5O2/c1-27-20(21(25)22(31)30(27)19-10-6-3-7-11-19)16-28-14-12-24(13-15-28)23(32)26-17-29(24)18-8-4-2-5-9-18/h2-11H,12-17H2,1H3,(H,26,32). The number of anilines is 1. The molecular formula is C24H26FN5O2. The summed E-state index contributed by atoms with van der Waals surface area (Å²) in [5.41, 5.74) is 0.771. The Kier molecular flexibility index (Phi) is 5.09. The minimum atomic E-state index is -0.721. The smallest absolute Gasteiger partial charge is 0.307 e. The second-order valence-electron chi connectivity index (χ2n) is 8.47. The zero-order valence-corrected chi connectivity index (χ0v) is 18.0.